The van der Waals surface area contributed by atoms with Gasteiger partial charge in [0.1, 0.15) is 7.11 Å². The third-order valence-corrected chi connectivity index (χ3v) is 9.75. The molecule has 2 aliphatic rings. The predicted molar refractivity (Wildman–Crippen MR) is 179 cm³/mol. The van der Waals surface area contributed by atoms with Gasteiger partial charge >= 0.3 is 0 Å². The Labute approximate surface area is 284 Å². The van der Waals surface area contributed by atoms with Crippen LogP contribution in [0.1, 0.15) is 60.4 Å². The van der Waals surface area contributed by atoms with Crippen molar-refractivity contribution in [1.82, 2.24) is 14.7 Å². The molecule has 13 heteroatoms. The zero-order valence-corrected chi connectivity index (χ0v) is 28.5. The highest BCUT2D eigenvalue weighted by Gasteiger charge is 2.35. The van der Waals surface area contributed by atoms with E-state index in [-0.39, 0.29) is 42.7 Å². The van der Waals surface area contributed by atoms with Crippen LogP contribution in [0.4, 0.5) is 0 Å². The molecule has 2 aliphatic heterocycles. The second kappa shape index (κ2) is 16.3. The number of primary amides is 1. The summed E-state index contributed by atoms with van der Waals surface area (Å²) in [5.74, 6) is -1.17. The number of nitrogens with two attached hydrogens (primary N) is 1. The van der Waals surface area contributed by atoms with Crippen molar-refractivity contribution in [3.05, 3.63) is 67.6 Å². The van der Waals surface area contributed by atoms with Crippen LogP contribution in [0.3, 0.4) is 0 Å². The number of oxime groups is 1. The van der Waals surface area contributed by atoms with Gasteiger partial charge in [-0.15, -0.1) is 0 Å². The van der Waals surface area contributed by atoms with Gasteiger partial charge in [0.05, 0.1) is 22.3 Å². The molecule has 3 amide bonds. The van der Waals surface area contributed by atoms with Crippen molar-refractivity contribution in [3.8, 4) is 0 Å². The monoisotopic (exact) mass is 697 g/mol. The van der Waals surface area contributed by atoms with Crippen LogP contribution in [0.15, 0.2) is 41.6 Å². The molecular formula is C32H39Cl4N5O4. The number of carbonyl (C=O) groups is 3. The lowest BCUT2D eigenvalue weighted by Crippen LogP contribution is -2.52. The molecule has 45 heavy (non-hydrogen) atoms. The van der Waals surface area contributed by atoms with E-state index in [1.165, 1.54) is 7.11 Å². The number of benzene rings is 2. The van der Waals surface area contributed by atoms with Gasteiger partial charge < -0.3 is 25.3 Å². The van der Waals surface area contributed by atoms with E-state index in [2.05, 4.69) is 10.1 Å². The fourth-order valence-corrected chi connectivity index (χ4v) is 7.16. The van der Waals surface area contributed by atoms with Crippen LogP contribution >= 0.6 is 46.4 Å². The molecule has 0 spiro atoms. The largest absolute Gasteiger partial charge is 0.399 e. The summed E-state index contributed by atoms with van der Waals surface area (Å²) in [4.78, 5) is 49.0. The summed E-state index contributed by atoms with van der Waals surface area (Å²) >= 11 is 25.0. The first-order valence-electron chi connectivity index (χ1n) is 15.0. The maximum atomic E-state index is 13.3. The zero-order valence-electron chi connectivity index (χ0n) is 25.5. The molecule has 2 unspecified atom stereocenters. The van der Waals surface area contributed by atoms with Gasteiger partial charge in [0, 0.05) is 66.6 Å². The summed E-state index contributed by atoms with van der Waals surface area (Å²) in [5.41, 5.74) is 7.31. The number of halogens is 4. The van der Waals surface area contributed by atoms with E-state index in [1.54, 1.807) is 36.2 Å². The van der Waals surface area contributed by atoms with E-state index < -0.39 is 5.91 Å². The number of rotatable bonds is 12. The first-order chi connectivity index (χ1) is 21.5. The minimum absolute atomic E-state index is 0.0531. The Morgan fingerprint density at radius 1 is 1.02 bits per heavy atom. The van der Waals surface area contributed by atoms with E-state index in [0.717, 1.165) is 51.0 Å². The summed E-state index contributed by atoms with van der Waals surface area (Å²) < 4.78 is 0. The second-order valence-electron chi connectivity index (χ2n) is 11.7. The van der Waals surface area contributed by atoms with Crippen molar-refractivity contribution < 1.29 is 19.2 Å². The van der Waals surface area contributed by atoms with Crippen LogP contribution in [-0.2, 0) is 14.4 Å². The van der Waals surface area contributed by atoms with Crippen LogP contribution in [0.25, 0.3) is 0 Å². The van der Waals surface area contributed by atoms with E-state index in [9.17, 15) is 14.4 Å². The van der Waals surface area contributed by atoms with Crippen molar-refractivity contribution in [1.29, 1.82) is 0 Å². The van der Waals surface area contributed by atoms with Crippen molar-refractivity contribution in [2.75, 3.05) is 46.9 Å². The van der Waals surface area contributed by atoms with E-state index in [1.807, 2.05) is 17.0 Å². The highest BCUT2D eigenvalue weighted by atomic mass is 35.5. The Morgan fingerprint density at radius 2 is 1.71 bits per heavy atom. The fourth-order valence-electron chi connectivity index (χ4n) is 6.32. The lowest BCUT2D eigenvalue weighted by atomic mass is 9.89. The van der Waals surface area contributed by atoms with Crippen LogP contribution in [0.2, 0.25) is 20.1 Å². The molecule has 2 atom stereocenters. The van der Waals surface area contributed by atoms with Gasteiger partial charge in [-0.1, -0.05) is 57.6 Å². The predicted octanol–water partition coefficient (Wildman–Crippen LogP) is 6.13. The Balaban J connectivity index is 1.45. The number of carbonyl (C=O) groups excluding carboxylic acids is 3. The maximum absolute atomic E-state index is 13.3. The van der Waals surface area contributed by atoms with Gasteiger partial charge in [0.15, 0.2) is 0 Å². The SMILES string of the molecule is CON=C(CN(C)C(=O)c1cc(Cl)cc(Cl)c1)C(CCN1CCC(N2CCCC(CC(N)=O)C2=O)CC1)c1ccc(Cl)c(Cl)c1. The minimum atomic E-state index is -0.428. The van der Waals surface area contributed by atoms with Crippen molar-refractivity contribution in [3.63, 3.8) is 0 Å². The Morgan fingerprint density at radius 3 is 2.33 bits per heavy atom. The summed E-state index contributed by atoms with van der Waals surface area (Å²) in [7, 11) is 3.17. The van der Waals surface area contributed by atoms with Gasteiger partial charge in [-0.25, -0.2) is 0 Å². The molecule has 2 heterocycles. The van der Waals surface area contributed by atoms with Gasteiger partial charge in [-0.3, -0.25) is 14.4 Å². The fraction of sp³-hybridized carbons (Fsp3) is 0.500. The summed E-state index contributed by atoms with van der Waals surface area (Å²) in [6.45, 7) is 3.32. The number of nitrogens with zero attached hydrogens (tertiary/aromatic N) is 4. The molecule has 0 aromatic heterocycles. The number of hydrogen-bond donors (Lipinski definition) is 1. The molecule has 0 aliphatic carbocycles. The third-order valence-electron chi connectivity index (χ3n) is 8.58. The molecule has 0 bridgehead atoms. The average molecular weight is 700 g/mol. The van der Waals surface area contributed by atoms with Gasteiger partial charge in [-0.2, -0.15) is 0 Å². The third kappa shape index (κ3) is 9.48. The number of hydrogen-bond acceptors (Lipinski definition) is 6. The van der Waals surface area contributed by atoms with Gasteiger partial charge in [-0.05, 0) is 74.5 Å². The molecule has 2 saturated heterocycles. The van der Waals surface area contributed by atoms with Crippen molar-refractivity contribution in [2.24, 2.45) is 16.8 Å². The quantitative estimate of drug-likeness (QED) is 0.212. The van der Waals surface area contributed by atoms with E-state index in [0.29, 0.717) is 44.2 Å². The van der Waals surface area contributed by atoms with Crippen LogP contribution < -0.4 is 5.73 Å². The molecule has 2 aromatic rings. The molecular weight excluding hydrogens is 660 g/mol. The normalized spacial score (nSPS) is 19.0. The Hall–Kier alpha value is -2.56. The number of piperidine rings is 2. The maximum Gasteiger partial charge on any atom is 0.254 e. The zero-order chi connectivity index (χ0) is 32.7. The van der Waals surface area contributed by atoms with E-state index >= 15 is 0 Å². The van der Waals surface area contributed by atoms with Crippen molar-refractivity contribution >= 4 is 69.8 Å². The molecule has 2 aromatic carbocycles. The summed E-state index contributed by atoms with van der Waals surface area (Å²) in [5, 5.41) is 5.99. The molecule has 2 fully saturated rings. The topological polar surface area (TPSA) is 109 Å². The molecule has 244 valence electrons. The Bertz CT molecular complexity index is 1400. The molecule has 9 nitrogen and oxygen atoms in total. The van der Waals surface area contributed by atoms with Crippen LogP contribution in [-0.4, -0.2) is 91.1 Å². The van der Waals surface area contributed by atoms with Crippen LogP contribution in [0, 0.1) is 5.92 Å². The highest BCUT2D eigenvalue weighted by Crippen LogP contribution is 2.31. The number of likely N-dealkylation sites (tertiary alicyclic amines) is 2. The lowest BCUT2D eigenvalue weighted by Gasteiger charge is -2.42. The average Bonchev–Trinajstić information content (AvgIpc) is 2.99. The first kappa shape index (κ1) is 35.3. The Kier molecular flexibility index (Phi) is 12.8. The minimum Gasteiger partial charge on any atom is -0.399 e. The summed E-state index contributed by atoms with van der Waals surface area (Å²) in [6.07, 6.45) is 4.10. The van der Waals surface area contributed by atoms with Crippen LogP contribution in [0.5, 0.6) is 0 Å². The first-order valence-corrected chi connectivity index (χ1v) is 16.6. The van der Waals surface area contributed by atoms with E-state index in [4.69, 9.17) is 57.0 Å². The lowest BCUT2D eigenvalue weighted by molar-refractivity contribution is -0.144. The van der Waals surface area contributed by atoms with Crippen molar-refractivity contribution in [2.45, 2.75) is 50.5 Å². The van der Waals surface area contributed by atoms with Gasteiger partial charge in [0.2, 0.25) is 11.8 Å². The van der Waals surface area contributed by atoms with Gasteiger partial charge in [0.25, 0.3) is 5.91 Å². The smallest absolute Gasteiger partial charge is 0.254 e. The molecule has 0 saturated carbocycles. The molecule has 0 radical (unpaired) electrons. The second-order valence-corrected chi connectivity index (χ2v) is 13.4. The standard InChI is InChI=1S/C32H39Cl4N5O4/c1-39(31(43)22-14-23(33)18-24(34)15-22)19-29(38-45-2)26(20-5-6-27(35)28(36)16-20)9-13-40-11-7-25(8-12-40)41-10-3-4-21(32(41)44)17-30(37)42/h5-6,14-16,18,21,25-26H,3-4,7-13,17,19H2,1-2H3,(H2,37,42). The molecule has 2 N–H and O–H groups in total. The molecule has 4 rings (SSSR count). The highest BCUT2D eigenvalue weighted by molar-refractivity contribution is 6.42. The summed E-state index contributed by atoms with van der Waals surface area (Å²) in [6, 6.07) is 10.4. The number of amides is 3.